The number of pyridine rings is 1. The van der Waals surface area contributed by atoms with Crippen molar-refractivity contribution in [3.8, 4) is 0 Å². The maximum atomic E-state index is 12.2. The Labute approximate surface area is 89.5 Å². The third kappa shape index (κ3) is 4.36. The first-order valence-electron chi connectivity index (χ1n) is 5.47. The van der Waals surface area contributed by atoms with Gasteiger partial charge in [-0.3, -0.25) is 4.98 Å². The molecule has 0 unspecified atom stereocenters. The Bertz CT molecular complexity index is 269. The molecule has 0 aliphatic heterocycles. The van der Waals surface area contributed by atoms with Crippen molar-refractivity contribution in [3.05, 3.63) is 29.6 Å². The Morgan fingerprint density at radius 2 is 2.00 bits per heavy atom. The van der Waals surface area contributed by atoms with Crippen molar-refractivity contribution < 1.29 is 8.78 Å². The fourth-order valence-electron chi connectivity index (χ4n) is 1.45. The SMILES string of the molecule is CCCCCCc1ccc(C(F)F)cn1. The van der Waals surface area contributed by atoms with Gasteiger partial charge < -0.3 is 0 Å². The summed E-state index contributed by atoms with van der Waals surface area (Å²) in [6, 6.07) is 3.17. The van der Waals surface area contributed by atoms with Crippen LogP contribution in [0.15, 0.2) is 18.3 Å². The van der Waals surface area contributed by atoms with Gasteiger partial charge in [0.15, 0.2) is 0 Å². The highest BCUT2D eigenvalue weighted by molar-refractivity contribution is 5.15. The largest absolute Gasteiger partial charge is 0.265 e. The Balaban J connectivity index is 2.36. The fourth-order valence-corrected chi connectivity index (χ4v) is 1.45. The molecule has 0 aliphatic carbocycles. The summed E-state index contributed by atoms with van der Waals surface area (Å²) >= 11 is 0. The zero-order valence-corrected chi connectivity index (χ0v) is 9.05. The lowest BCUT2D eigenvalue weighted by atomic mass is 10.1. The Morgan fingerprint density at radius 3 is 2.53 bits per heavy atom. The van der Waals surface area contributed by atoms with E-state index in [1.165, 1.54) is 31.5 Å². The molecule has 0 amide bonds. The summed E-state index contributed by atoms with van der Waals surface area (Å²) in [5, 5.41) is 0. The number of unbranched alkanes of at least 4 members (excludes halogenated alkanes) is 3. The van der Waals surface area contributed by atoms with E-state index in [2.05, 4.69) is 11.9 Å². The second-order valence-electron chi connectivity index (χ2n) is 3.69. The molecule has 0 N–H and O–H groups in total. The second kappa shape index (κ2) is 6.49. The summed E-state index contributed by atoms with van der Waals surface area (Å²) in [4.78, 5) is 4.02. The first kappa shape index (κ1) is 12.1. The number of aromatic nitrogens is 1. The molecule has 0 radical (unpaired) electrons. The molecule has 1 aromatic heterocycles. The molecule has 0 saturated heterocycles. The smallest absolute Gasteiger partial charge is 0.261 e. The highest BCUT2D eigenvalue weighted by Gasteiger charge is 2.06. The lowest BCUT2D eigenvalue weighted by molar-refractivity contribution is 0.151. The van der Waals surface area contributed by atoms with E-state index >= 15 is 0 Å². The van der Waals surface area contributed by atoms with E-state index in [0.717, 1.165) is 18.5 Å². The second-order valence-corrected chi connectivity index (χ2v) is 3.69. The van der Waals surface area contributed by atoms with Crippen LogP contribution >= 0.6 is 0 Å². The van der Waals surface area contributed by atoms with Gasteiger partial charge in [0.2, 0.25) is 0 Å². The first-order valence-corrected chi connectivity index (χ1v) is 5.47. The monoisotopic (exact) mass is 213 g/mol. The average Bonchev–Trinajstić information content (AvgIpc) is 2.25. The van der Waals surface area contributed by atoms with E-state index in [-0.39, 0.29) is 5.56 Å². The van der Waals surface area contributed by atoms with Crippen LogP contribution in [0.5, 0.6) is 0 Å². The number of hydrogen-bond acceptors (Lipinski definition) is 1. The highest BCUT2D eigenvalue weighted by Crippen LogP contribution is 2.17. The van der Waals surface area contributed by atoms with Crippen molar-refractivity contribution in [1.82, 2.24) is 4.98 Å². The van der Waals surface area contributed by atoms with Crippen LogP contribution in [0.25, 0.3) is 0 Å². The maximum Gasteiger partial charge on any atom is 0.265 e. The van der Waals surface area contributed by atoms with Gasteiger partial charge in [-0.25, -0.2) is 8.78 Å². The molecule has 1 rings (SSSR count). The molecule has 0 fully saturated rings. The number of hydrogen-bond donors (Lipinski definition) is 0. The molecule has 0 aromatic carbocycles. The third-order valence-corrected chi connectivity index (χ3v) is 2.39. The Morgan fingerprint density at radius 1 is 1.20 bits per heavy atom. The number of nitrogens with zero attached hydrogens (tertiary/aromatic N) is 1. The van der Waals surface area contributed by atoms with Crippen LogP contribution < -0.4 is 0 Å². The van der Waals surface area contributed by atoms with Gasteiger partial charge in [0, 0.05) is 17.5 Å². The number of aryl methyl sites for hydroxylation is 1. The lowest BCUT2D eigenvalue weighted by Crippen LogP contribution is -1.92. The predicted octanol–water partition coefficient (Wildman–Crippen LogP) is 4.14. The van der Waals surface area contributed by atoms with Crippen molar-refractivity contribution in [2.75, 3.05) is 0 Å². The van der Waals surface area contributed by atoms with E-state index in [4.69, 9.17) is 0 Å². The van der Waals surface area contributed by atoms with Gasteiger partial charge in [0.1, 0.15) is 0 Å². The number of alkyl halides is 2. The summed E-state index contributed by atoms with van der Waals surface area (Å²) in [7, 11) is 0. The number of halogens is 2. The molecule has 0 atom stereocenters. The molecule has 1 nitrogen and oxygen atoms in total. The average molecular weight is 213 g/mol. The number of rotatable bonds is 6. The van der Waals surface area contributed by atoms with E-state index in [1.54, 1.807) is 6.07 Å². The van der Waals surface area contributed by atoms with Crippen LogP contribution in [0.2, 0.25) is 0 Å². The van der Waals surface area contributed by atoms with Crippen molar-refractivity contribution >= 4 is 0 Å². The van der Waals surface area contributed by atoms with Crippen LogP contribution in [-0.4, -0.2) is 4.98 Å². The van der Waals surface area contributed by atoms with Gasteiger partial charge >= 0.3 is 0 Å². The molecule has 1 heterocycles. The van der Waals surface area contributed by atoms with Crippen molar-refractivity contribution in [3.63, 3.8) is 0 Å². The minimum atomic E-state index is -2.41. The van der Waals surface area contributed by atoms with Gasteiger partial charge in [-0.15, -0.1) is 0 Å². The summed E-state index contributed by atoms with van der Waals surface area (Å²) in [6.45, 7) is 2.16. The van der Waals surface area contributed by atoms with Gasteiger partial charge in [-0.05, 0) is 25.0 Å². The molecule has 0 saturated carbocycles. The molecule has 15 heavy (non-hydrogen) atoms. The zero-order valence-electron chi connectivity index (χ0n) is 9.05. The molecule has 0 aliphatic rings. The molecule has 0 bridgehead atoms. The minimum Gasteiger partial charge on any atom is -0.261 e. The molecule has 1 aromatic rings. The zero-order chi connectivity index (χ0) is 11.1. The van der Waals surface area contributed by atoms with Crippen LogP contribution in [-0.2, 0) is 6.42 Å². The summed E-state index contributed by atoms with van der Waals surface area (Å²) < 4.78 is 24.4. The maximum absolute atomic E-state index is 12.2. The van der Waals surface area contributed by atoms with Crippen molar-refractivity contribution in [1.29, 1.82) is 0 Å². The standard InChI is InChI=1S/C12H17F2N/c1-2-3-4-5-6-11-8-7-10(9-15-11)12(13)14/h7-9,12H,2-6H2,1H3. The quantitative estimate of drug-likeness (QED) is 0.647. The normalized spacial score (nSPS) is 10.9. The third-order valence-electron chi connectivity index (χ3n) is 2.39. The van der Waals surface area contributed by atoms with Gasteiger partial charge in [0.05, 0.1) is 0 Å². The predicted molar refractivity (Wildman–Crippen MR) is 57.0 cm³/mol. The topological polar surface area (TPSA) is 12.9 Å². The van der Waals surface area contributed by atoms with Gasteiger partial charge in [0.25, 0.3) is 6.43 Å². The summed E-state index contributed by atoms with van der Waals surface area (Å²) in [6.07, 6.45) is 4.48. The van der Waals surface area contributed by atoms with Crippen LogP contribution in [0, 0.1) is 0 Å². The van der Waals surface area contributed by atoms with Crippen LogP contribution in [0.3, 0.4) is 0 Å². The lowest BCUT2D eigenvalue weighted by Gasteiger charge is -2.02. The molecule has 84 valence electrons. The van der Waals surface area contributed by atoms with E-state index in [0.29, 0.717) is 0 Å². The molecule has 0 spiro atoms. The molecule has 3 heteroatoms. The Kier molecular flexibility index (Phi) is 5.22. The first-order chi connectivity index (χ1) is 7.24. The van der Waals surface area contributed by atoms with E-state index in [1.807, 2.05) is 0 Å². The van der Waals surface area contributed by atoms with Crippen molar-refractivity contribution in [2.45, 2.75) is 45.5 Å². The minimum absolute atomic E-state index is 0.00677. The highest BCUT2D eigenvalue weighted by atomic mass is 19.3. The molecular weight excluding hydrogens is 196 g/mol. The van der Waals surface area contributed by atoms with Crippen LogP contribution in [0.1, 0.15) is 50.3 Å². The van der Waals surface area contributed by atoms with E-state index in [9.17, 15) is 8.78 Å². The van der Waals surface area contributed by atoms with Crippen LogP contribution in [0.4, 0.5) is 8.78 Å². The van der Waals surface area contributed by atoms with Crippen molar-refractivity contribution in [2.24, 2.45) is 0 Å². The van der Waals surface area contributed by atoms with Gasteiger partial charge in [-0.2, -0.15) is 0 Å². The van der Waals surface area contributed by atoms with Gasteiger partial charge in [-0.1, -0.05) is 26.2 Å². The Hall–Kier alpha value is -0.990. The summed E-state index contributed by atoms with van der Waals surface area (Å²) in [5.74, 6) is 0. The van der Waals surface area contributed by atoms with E-state index < -0.39 is 6.43 Å². The summed E-state index contributed by atoms with van der Waals surface area (Å²) in [5.41, 5.74) is 0.919. The molecular formula is C12H17F2N. The fraction of sp³-hybridized carbons (Fsp3) is 0.583.